The van der Waals surface area contributed by atoms with E-state index in [1.54, 1.807) is 0 Å². The van der Waals surface area contributed by atoms with Crippen LogP contribution in [0.1, 0.15) is 31.2 Å². The molecule has 5 heteroatoms. The summed E-state index contributed by atoms with van der Waals surface area (Å²) in [4.78, 5) is 14.8. The Bertz CT molecular complexity index is 535. The maximum absolute atomic E-state index is 13.2. The predicted molar refractivity (Wildman–Crippen MR) is 83.9 cm³/mol. The highest BCUT2D eigenvalue weighted by molar-refractivity contribution is 5.86. The van der Waals surface area contributed by atoms with E-state index in [1.165, 1.54) is 12.1 Å². The van der Waals surface area contributed by atoms with E-state index >= 15 is 0 Å². The number of nitrogens with two attached hydrogens (primary N) is 1. The van der Waals surface area contributed by atoms with Gasteiger partial charge in [-0.3, -0.25) is 4.79 Å². The van der Waals surface area contributed by atoms with Crippen molar-refractivity contribution in [3.63, 3.8) is 0 Å². The van der Waals surface area contributed by atoms with E-state index < -0.39 is 0 Å². The highest BCUT2D eigenvalue weighted by atomic mass is 19.1. The summed E-state index contributed by atoms with van der Waals surface area (Å²) in [6.07, 6.45) is 1.68. The largest absolute Gasteiger partial charge is 0.355 e. The second kappa shape index (κ2) is 5.97. The Hall–Kier alpha value is -1.46. The summed E-state index contributed by atoms with van der Waals surface area (Å²) >= 11 is 0. The summed E-state index contributed by atoms with van der Waals surface area (Å²) in [6.45, 7) is 5.32. The van der Waals surface area contributed by atoms with Crippen molar-refractivity contribution in [2.24, 2.45) is 11.1 Å². The Morgan fingerprint density at radius 3 is 2.59 bits per heavy atom. The summed E-state index contributed by atoms with van der Waals surface area (Å²) in [5, 5.41) is 3.02. The van der Waals surface area contributed by atoms with Crippen molar-refractivity contribution in [3.05, 3.63) is 35.6 Å². The van der Waals surface area contributed by atoms with Gasteiger partial charge in [0.15, 0.2) is 0 Å². The summed E-state index contributed by atoms with van der Waals surface area (Å²) in [5.74, 6) is 0.0576. The fraction of sp³-hybridized carbons (Fsp3) is 0.588. The number of nitrogens with one attached hydrogen (secondary N) is 1. The number of carbonyl (C=O) groups is 1. The molecule has 3 N–H and O–H groups in total. The molecule has 120 valence electrons. The van der Waals surface area contributed by atoms with E-state index in [0.717, 1.165) is 38.0 Å². The summed E-state index contributed by atoms with van der Waals surface area (Å²) in [5.41, 5.74) is 6.59. The van der Waals surface area contributed by atoms with Gasteiger partial charge in [0.25, 0.3) is 0 Å². The van der Waals surface area contributed by atoms with Crippen LogP contribution in [0.3, 0.4) is 0 Å². The van der Waals surface area contributed by atoms with Crippen molar-refractivity contribution in [1.82, 2.24) is 10.2 Å². The van der Waals surface area contributed by atoms with Gasteiger partial charge in [-0.05, 0) is 50.6 Å². The topological polar surface area (TPSA) is 58.4 Å². The molecule has 2 aliphatic heterocycles. The Labute approximate surface area is 130 Å². The lowest BCUT2D eigenvalue weighted by Crippen LogP contribution is -2.48. The van der Waals surface area contributed by atoms with Crippen LogP contribution in [-0.2, 0) is 4.79 Å². The molecule has 1 spiro atoms. The number of amides is 1. The summed E-state index contributed by atoms with van der Waals surface area (Å²) in [7, 11) is 0. The van der Waals surface area contributed by atoms with E-state index in [1.807, 2.05) is 19.1 Å². The predicted octanol–water partition coefficient (Wildman–Crippen LogP) is 1.47. The normalized spacial score (nSPS) is 26.1. The smallest absolute Gasteiger partial charge is 0.227 e. The van der Waals surface area contributed by atoms with Crippen molar-refractivity contribution in [2.75, 3.05) is 26.2 Å². The number of piperidine rings is 1. The van der Waals surface area contributed by atoms with Crippen molar-refractivity contribution in [2.45, 2.75) is 31.7 Å². The van der Waals surface area contributed by atoms with Gasteiger partial charge in [-0.25, -0.2) is 4.39 Å². The minimum absolute atomic E-state index is 0.137. The number of rotatable bonds is 3. The molecule has 0 bridgehead atoms. The molecular weight excluding hydrogens is 281 g/mol. The molecule has 0 aliphatic carbocycles. The highest BCUT2D eigenvalue weighted by Crippen LogP contribution is 2.47. The zero-order valence-corrected chi connectivity index (χ0v) is 13.0. The summed E-state index contributed by atoms with van der Waals surface area (Å²) < 4.78 is 13.2. The quantitative estimate of drug-likeness (QED) is 0.889. The minimum atomic E-state index is -0.341. The van der Waals surface area contributed by atoms with Gasteiger partial charge in [-0.15, -0.1) is 0 Å². The van der Waals surface area contributed by atoms with E-state index in [-0.39, 0.29) is 29.1 Å². The molecule has 0 unspecified atom stereocenters. The van der Waals surface area contributed by atoms with Crippen LogP contribution >= 0.6 is 0 Å². The highest BCUT2D eigenvalue weighted by Gasteiger charge is 2.51. The molecule has 0 radical (unpaired) electrons. The van der Waals surface area contributed by atoms with E-state index in [0.29, 0.717) is 6.54 Å². The van der Waals surface area contributed by atoms with Crippen LogP contribution in [0.4, 0.5) is 4.39 Å². The van der Waals surface area contributed by atoms with Crippen LogP contribution in [0.2, 0.25) is 0 Å². The third-order valence-corrected chi connectivity index (χ3v) is 5.15. The van der Waals surface area contributed by atoms with E-state index in [9.17, 15) is 9.18 Å². The first-order chi connectivity index (χ1) is 10.5. The Morgan fingerprint density at radius 1 is 1.36 bits per heavy atom. The number of hydrogen-bond donors (Lipinski definition) is 2. The Morgan fingerprint density at radius 2 is 2.00 bits per heavy atom. The standard InChI is InChI=1S/C17H24FN3O/c1-12(19)11-21-8-6-17(7-9-21)15(10-20-16(17)22)13-2-4-14(18)5-3-13/h2-5,12,15H,6-11,19H2,1H3,(H,20,22)/t12-,15+/m1/s1. The lowest BCUT2D eigenvalue weighted by molar-refractivity contribution is -0.130. The minimum Gasteiger partial charge on any atom is -0.355 e. The second-order valence-electron chi connectivity index (χ2n) is 6.75. The molecule has 0 saturated carbocycles. The van der Waals surface area contributed by atoms with Crippen LogP contribution < -0.4 is 11.1 Å². The molecule has 4 nitrogen and oxygen atoms in total. The molecule has 22 heavy (non-hydrogen) atoms. The lowest BCUT2D eigenvalue weighted by atomic mass is 9.68. The third kappa shape index (κ3) is 2.75. The van der Waals surface area contributed by atoms with Gasteiger partial charge < -0.3 is 16.0 Å². The molecule has 0 aromatic heterocycles. The fourth-order valence-corrected chi connectivity index (χ4v) is 3.97. The number of hydrogen-bond acceptors (Lipinski definition) is 3. The molecule has 1 amide bonds. The van der Waals surface area contributed by atoms with Gasteiger partial charge in [0.05, 0.1) is 5.41 Å². The molecule has 1 aromatic rings. The van der Waals surface area contributed by atoms with Crippen LogP contribution in [0, 0.1) is 11.2 Å². The first-order valence-electron chi connectivity index (χ1n) is 8.03. The molecular formula is C17H24FN3O. The van der Waals surface area contributed by atoms with Crippen molar-refractivity contribution in [1.29, 1.82) is 0 Å². The number of carbonyl (C=O) groups excluding carboxylic acids is 1. The molecule has 1 aromatic carbocycles. The molecule has 2 aliphatic rings. The van der Waals surface area contributed by atoms with Crippen molar-refractivity contribution < 1.29 is 9.18 Å². The van der Waals surface area contributed by atoms with Gasteiger partial charge in [0.1, 0.15) is 5.82 Å². The number of likely N-dealkylation sites (tertiary alicyclic amines) is 1. The van der Waals surface area contributed by atoms with Crippen LogP contribution in [0.15, 0.2) is 24.3 Å². The first-order valence-corrected chi connectivity index (χ1v) is 8.03. The second-order valence-corrected chi connectivity index (χ2v) is 6.75. The first kappa shape index (κ1) is 15.4. The van der Waals surface area contributed by atoms with E-state index in [4.69, 9.17) is 5.73 Å². The van der Waals surface area contributed by atoms with Crippen LogP contribution in [0.25, 0.3) is 0 Å². The number of halogens is 1. The zero-order chi connectivity index (χ0) is 15.7. The fourth-order valence-electron chi connectivity index (χ4n) is 3.97. The Kier molecular flexibility index (Phi) is 4.19. The van der Waals surface area contributed by atoms with Crippen molar-refractivity contribution >= 4 is 5.91 Å². The van der Waals surface area contributed by atoms with Crippen LogP contribution in [0.5, 0.6) is 0 Å². The molecule has 2 atom stereocenters. The summed E-state index contributed by atoms with van der Waals surface area (Å²) in [6, 6.07) is 6.75. The molecule has 2 heterocycles. The van der Waals surface area contributed by atoms with Gasteiger partial charge >= 0.3 is 0 Å². The molecule has 2 fully saturated rings. The lowest BCUT2D eigenvalue weighted by Gasteiger charge is -2.41. The van der Waals surface area contributed by atoms with Gasteiger partial charge in [-0.1, -0.05) is 12.1 Å². The number of nitrogens with zero attached hydrogens (tertiary/aromatic N) is 1. The van der Waals surface area contributed by atoms with Gasteiger partial charge in [0, 0.05) is 25.0 Å². The molecule has 3 rings (SSSR count). The van der Waals surface area contributed by atoms with Gasteiger partial charge in [0.2, 0.25) is 5.91 Å². The van der Waals surface area contributed by atoms with E-state index in [2.05, 4.69) is 10.2 Å². The zero-order valence-electron chi connectivity index (χ0n) is 13.0. The monoisotopic (exact) mass is 305 g/mol. The average Bonchev–Trinajstić information content (AvgIpc) is 2.79. The number of benzene rings is 1. The van der Waals surface area contributed by atoms with Crippen LogP contribution in [-0.4, -0.2) is 43.0 Å². The maximum atomic E-state index is 13.2. The molecule has 2 saturated heterocycles. The third-order valence-electron chi connectivity index (χ3n) is 5.15. The van der Waals surface area contributed by atoms with Gasteiger partial charge in [-0.2, -0.15) is 0 Å². The van der Waals surface area contributed by atoms with Crippen molar-refractivity contribution in [3.8, 4) is 0 Å². The SMILES string of the molecule is C[C@@H](N)CN1CCC2(CC1)C(=O)NC[C@H]2c1ccc(F)cc1. The Balaban J connectivity index is 1.78. The maximum Gasteiger partial charge on any atom is 0.227 e. The average molecular weight is 305 g/mol.